The van der Waals surface area contributed by atoms with Crippen molar-refractivity contribution in [1.82, 2.24) is 5.32 Å². The molecule has 0 radical (unpaired) electrons. The summed E-state index contributed by atoms with van der Waals surface area (Å²) < 4.78 is 29.1. The van der Waals surface area contributed by atoms with Gasteiger partial charge in [0.1, 0.15) is 5.75 Å². The smallest absolute Gasteiger partial charge is 0.387 e. The van der Waals surface area contributed by atoms with Gasteiger partial charge in [0.25, 0.3) is 0 Å². The highest BCUT2D eigenvalue weighted by atomic mass is 19.3. The van der Waals surface area contributed by atoms with E-state index in [1.807, 2.05) is 13.8 Å². The fourth-order valence-electron chi connectivity index (χ4n) is 1.82. The van der Waals surface area contributed by atoms with Crippen molar-refractivity contribution >= 4 is 11.7 Å². The summed E-state index contributed by atoms with van der Waals surface area (Å²) in [4.78, 5) is 11.8. The number of carbonyl (C=O) groups is 1. The quantitative estimate of drug-likeness (QED) is 0.724. The van der Waals surface area contributed by atoms with Gasteiger partial charge in [-0.05, 0) is 30.9 Å². The summed E-state index contributed by atoms with van der Waals surface area (Å²) in [6, 6.07) is 4.06. The summed E-state index contributed by atoms with van der Waals surface area (Å²) in [6.07, 6.45) is -0.0873. The molecular formula is C15H22F2N2O3. The van der Waals surface area contributed by atoms with Crippen LogP contribution in [-0.2, 0) is 0 Å². The summed E-state index contributed by atoms with van der Waals surface area (Å²) in [7, 11) is 0. The van der Waals surface area contributed by atoms with Gasteiger partial charge < -0.3 is 20.5 Å². The number of carbonyl (C=O) groups excluding carboxylic acids is 1. The molecule has 0 aliphatic heterocycles. The van der Waals surface area contributed by atoms with E-state index in [1.165, 1.54) is 6.07 Å². The Balaban J connectivity index is 2.60. The van der Waals surface area contributed by atoms with Gasteiger partial charge in [-0.15, -0.1) is 0 Å². The van der Waals surface area contributed by atoms with E-state index in [9.17, 15) is 18.7 Å². The van der Waals surface area contributed by atoms with Crippen molar-refractivity contribution < 1.29 is 23.4 Å². The van der Waals surface area contributed by atoms with E-state index in [4.69, 9.17) is 0 Å². The lowest BCUT2D eigenvalue weighted by molar-refractivity contribution is -0.0493. The van der Waals surface area contributed by atoms with Crippen LogP contribution in [0.4, 0.5) is 19.3 Å². The van der Waals surface area contributed by atoms with Gasteiger partial charge in [-0.2, -0.15) is 8.78 Å². The van der Waals surface area contributed by atoms with Crippen LogP contribution in [0.1, 0.15) is 25.8 Å². The number of rotatable bonds is 7. The monoisotopic (exact) mass is 316 g/mol. The Kier molecular flexibility index (Phi) is 7.04. The second kappa shape index (κ2) is 8.53. The Morgan fingerprint density at radius 1 is 1.36 bits per heavy atom. The van der Waals surface area contributed by atoms with Gasteiger partial charge in [0, 0.05) is 6.54 Å². The van der Waals surface area contributed by atoms with Crippen LogP contribution in [0.5, 0.6) is 5.75 Å². The minimum Gasteiger partial charge on any atom is -0.433 e. The van der Waals surface area contributed by atoms with E-state index in [2.05, 4.69) is 15.4 Å². The molecule has 22 heavy (non-hydrogen) atoms. The Hall–Kier alpha value is -1.89. The first-order chi connectivity index (χ1) is 10.3. The second-order valence-corrected chi connectivity index (χ2v) is 5.31. The number of nitrogens with one attached hydrogen (secondary N) is 2. The summed E-state index contributed by atoms with van der Waals surface area (Å²) in [5.74, 6) is 0.0136. The number of ether oxygens (including phenoxy) is 1. The molecule has 0 aromatic heterocycles. The van der Waals surface area contributed by atoms with Crippen molar-refractivity contribution in [1.29, 1.82) is 0 Å². The van der Waals surface area contributed by atoms with Gasteiger partial charge in [-0.3, -0.25) is 0 Å². The van der Waals surface area contributed by atoms with E-state index in [0.717, 1.165) is 0 Å². The molecule has 1 aromatic carbocycles. The van der Waals surface area contributed by atoms with E-state index in [0.29, 0.717) is 12.0 Å². The molecule has 5 nitrogen and oxygen atoms in total. The van der Waals surface area contributed by atoms with Crippen LogP contribution in [0, 0.1) is 12.8 Å². The third-order valence-electron chi connectivity index (χ3n) is 3.18. The van der Waals surface area contributed by atoms with E-state index >= 15 is 0 Å². The van der Waals surface area contributed by atoms with Crippen LogP contribution in [-0.4, -0.2) is 30.4 Å². The van der Waals surface area contributed by atoms with Crippen molar-refractivity contribution in [2.45, 2.75) is 39.9 Å². The number of alkyl halides is 2. The highest BCUT2D eigenvalue weighted by Crippen LogP contribution is 2.29. The zero-order chi connectivity index (χ0) is 16.7. The fourth-order valence-corrected chi connectivity index (χ4v) is 1.82. The number of amides is 2. The number of urea groups is 1. The summed E-state index contributed by atoms with van der Waals surface area (Å²) in [5, 5.41) is 14.7. The third kappa shape index (κ3) is 5.85. The first-order valence-electron chi connectivity index (χ1n) is 7.08. The first kappa shape index (κ1) is 18.2. The maximum Gasteiger partial charge on any atom is 0.387 e. The van der Waals surface area contributed by atoms with Crippen molar-refractivity contribution in [3.8, 4) is 5.75 Å². The second-order valence-electron chi connectivity index (χ2n) is 5.31. The molecule has 0 aliphatic carbocycles. The lowest BCUT2D eigenvalue weighted by Gasteiger charge is -2.16. The molecule has 0 bridgehead atoms. The topological polar surface area (TPSA) is 70.6 Å². The molecule has 0 saturated heterocycles. The number of benzene rings is 1. The van der Waals surface area contributed by atoms with Crippen LogP contribution < -0.4 is 15.4 Å². The summed E-state index contributed by atoms with van der Waals surface area (Å²) in [5.41, 5.74) is 0.806. The van der Waals surface area contributed by atoms with Crippen molar-refractivity contribution in [3.05, 3.63) is 23.8 Å². The Morgan fingerprint density at radius 3 is 2.64 bits per heavy atom. The minimum atomic E-state index is -2.97. The predicted octanol–water partition coefficient (Wildman–Crippen LogP) is 3.12. The number of anilines is 1. The van der Waals surface area contributed by atoms with Crippen LogP contribution in [0.2, 0.25) is 0 Å². The Bertz CT molecular complexity index is 496. The molecule has 0 heterocycles. The van der Waals surface area contributed by atoms with Crippen LogP contribution in [0.15, 0.2) is 18.2 Å². The molecule has 1 rings (SSSR count). The zero-order valence-electron chi connectivity index (χ0n) is 12.9. The van der Waals surface area contributed by atoms with Gasteiger partial charge in [-0.1, -0.05) is 26.0 Å². The minimum absolute atomic E-state index is 0.0904. The SMILES string of the molecule is Cc1cccc(OC(F)F)c1NC(=O)NCCC(O)C(C)C. The van der Waals surface area contributed by atoms with E-state index in [-0.39, 0.29) is 23.9 Å². The lowest BCUT2D eigenvalue weighted by atomic mass is 10.0. The van der Waals surface area contributed by atoms with Crippen molar-refractivity contribution in [2.24, 2.45) is 5.92 Å². The molecule has 0 fully saturated rings. The molecule has 124 valence electrons. The van der Waals surface area contributed by atoms with Gasteiger partial charge in [0.15, 0.2) is 0 Å². The number of hydrogen-bond acceptors (Lipinski definition) is 3. The zero-order valence-corrected chi connectivity index (χ0v) is 12.9. The number of halogens is 2. The fraction of sp³-hybridized carbons (Fsp3) is 0.533. The predicted molar refractivity (Wildman–Crippen MR) is 80.3 cm³/mol. The van der Waals surface area contributed by atoms with Gasteiger partial charge in [0.05, 0.1) is 11.8 Å². The molecule has 1 aromatic rings. The first-order valence-corrected chi connectivity index (χ1v) is 7.08. The Morgan fingerprint density at radius 2 is 2.05 bits per heavy atom. The maximum absolute atomic E-state index is 12.4. The average Bonchev–Trinajstić information content (AvgIpc) is 2.41. The average molecular weight is 316 g/mol. The molecule has 1 unspecified atom stereocenters. The number of aryl methyl sites for hydroxylation is 1. The van der Waals surface area contributed by atoms with Crippen LogP contribution in [0.3, 0.4) is 0 Å². The van der Waals surface area contributed by atoms with Crippen molar-refractivity contribution in [2.75, 3.05) is 11.9 Å². The number of aliphatic hydroxyl groups excluding tert-OH is 1. The highest BCUT2D eigenvalue weighted by Gasteiger charge is 2.14. The van der Waals surface area contributed by atoms with Crippen LogP contribution in [0.25, 0.3) is 0 Å². The lowest BCUT2D eigenvalue weighted by Crippen LogP contribution is -2.32. The molecule has 3 N–H and O–H groups in total. The highest BCUT2D eigenvalue weighted by molar-refractivity contribution is 5.91. The normalized spacial score (nSPS) is 12.4. The molecule has 0 spiro atoms. The van der Waals surface area contributed by atoms with Crippen LogP contribution >= 0.6 is 0 Å². The molecule has 2 amide bonds. The molecular weight excluding hydrogens is 294 g/mol. The molecule has 0 aliphatic rings. The largest absolute Gasteiger partial charge is 0.433 e. The number of hydrogen-bond donors (Lipinski definition) is 3. The van der Waals surface area contributed by atoms with E-state index in [1.54, 1.807) is 19.1 Å². The van der Waals surface area contributed by atoms with Crippen molar-refractivity contribution in [3.63, 3.8) is 0 Å². The number of aliphatic hydroxyl groups is 1. The summed E-state index contributed by atoms with van der Waals surface area (Å²) in [6.45, 7) is 2.75. The Labute approximate surface area is 128 Å². The standard InChI is InChI=1S/C15H22F2N2O3/c1-9(2)11(20)7-8-18-15(21)19-13-10(3)5-4-6-12(13)22-14(16)17/h4-6,9,11,14,20H,7-8H2,1-3H3,(H2,18,19,21). The molecule has 7 heteroatoms. The number of para-hydroxylation sites is 1. The van der Waals surface area contributed by atoms with Gasteiger partial charge in [0.2, 0.25) is 0 Å². The van der Waals surface area contributed by atoms with Gasteiger partial charge >= 0.3 is 12.6 Å². The van der Waals surface area contributed by atoms with E-state index < -0.39 is 18.7 Å². The third-order valence-corrected chi connectivity index (χ3v) is 3.18. The maximum atomic E-state index is 12.4. The summed E-state index contributed by atoms with van der Waals surface area (Å²) >= 11 is 0. The molecule has 0 saturated carbocycles. The molecule has 1 atom stereocenters. The van der Waals surface area contributed by atoms with Gasteiger partial charge in [-0.25, -0.2) is 4.79 Å².